The monoisotopic (exact) mass is 281 g/mol. The molecule has 0 bridgehead atoms. The highest BCUT2D eigenvalue weighted by Crippen LogP contribution is 2.22. The van der Waals surface area contributed by atoms with Crippen LogP contribution in [0.4, 0.5) is 0 Å². The van der Waals surface area contributed by atoms with Gasteiger partial charge in [-0.25, -0.2) is 0 Å². The quantitative estimate of drug-likeness (QED) is 0.916. The van der Waals surface area contributed by atoms with Gasteiger partial charge in [-0.2, -0.15) is 0 Å². The van der Waals surface area contributed by atoms with Crippen LogP contribution >= 0.6 is 22.9 Å². The van der Waals surface area contributed by atoms with E-state index in [2.05, 4.69) is 23.0 Å². The molecule has 0 fully saturated rings. The highest BCUT2D eigenvalue weighted by atomic mass is 35.5. The van der Waals surface area contributed by atoms with Crippen molar-refractivity contribution >= 4 is 22.9 Å². The summed E-state index contributed by atoms with van der Waals surface area (Å²) in [5.74, 6) is 0. The molecule has 18 heavy (non-hydrogen) atoms. The molecule has 2 heterocycles. The maximum absolute atomic E-state index is 5.91. The third-order valence-corrected chi connectivity index (χ3v) is 3.82. The fraction of sp³-hybridized carbons (Fsp3) is 0.308. The third-order valence-electron chi connectivity index (χ3n) is 2.61. The van der Waals surface area contributed by atoms with Crippen molar-refractivity contribution < 1.29 is 0 Å². The Morgan fingerprint density at radius 2 is 2.11 bits per heavy atom. The van der Waals surface area contributed by atoms with Crippen molar-refractivity contribution in [2.45, 2.75) is 19.6 Å². The molecule has 0 aliphatic carbocycles. The molecule has 96 valence electrons. The Morgan fingerprint density at radius 1 is 1.28 bits per heavy atom. The zero-order valence-electron chi connectivity index (χ0n) is 10.3. The van der Waals surface area contributed by atoms with Crippen LogP contribution < -0.4 is 5.73 Å². The maximum Gasteiger partial charge on any atom is 0.0931 e. The van der Waals surface area contributed by atoms with E-state index >= 15 is 0 Å². The van der Waals surface area contributed by atoms with Gasteiger partial charge in [0.15, 0.2) is 0 Å². The molecule has 0 unspecified atom stereocenters. The molecule has 2 aromatic rings. The summed E-state index contributed by atoms with van der Waals surface area (Å²) in [6.45, 7) is 2.24. The van der Waals surface area contributed by atoms with E-state index in [1.54, 1.807) is 11.3 Å². The second kappa shape index (κ2) is 6.29. The molecule has 0 radical (unpaired) electrons. The molecule has 2 rings (SSSR count). The number of halogens is 1. The third kappa shape index (κ3) is 3.78. The Bertz CT molecular complexity index is 495. The number of nitrogens with two attached hydrogens (primary N) is 1. The number of thiophene rings is 1. The average Bonchev–Trinajstić information content (AvgIpc) is 2.75. The van der Waals surface area contributed by atoms with Crippen molar-refractivity contribution in [1.29, 1.82) is 0 Å². The topological polar surface area (TPSA) is 42.1 Å². The Morgan fingerprint density at radius 3 is 2.67 bits per heavy atom. The van der Waals surface area contributed by atoms with Crippen LogP contribution in [0, 0.1) is 0 Å². The molecule has 0 saturated carbocycles. The van der Waals surface area contributed by atoms with E-state index in [-0.39, 0.29) is 0 Å². The molecule has 0 atom stereocenters. The van der Waals surface area contributed by atoms with Crippen molar-refractivity contribution in [3.63, 3.8) is 0 Å². The van der Waals surface area contributed by atoms with Crippen LogP contribution in [-0.4, -0.2) is 16.9 Å². The molecule has 0 amide bonds. The summed E-state index contributed by atoms with van der Waals surface area (Å²) in [5.41, 5.74) is 7.66. The number of hydrogen-bond acceptors (Lipinski definition) is 4. The minimum atomic E-state index is 0.539. The predicted octanol–water partition coefficient (Wildman–Crippen LogP) is 2.89. The van der Waals surface area contributed by atoms with Gasteiger partial charge in [0, 0.05) is 30.7 Å². The van der Waals surface area contributed by atoms with E-state index in [4.69, 9.17) is 17.3 Å². The number of aromatic nitrogens is 1. The highest BCUT2D eigenvalue weighted by molar-refractivity contribution is 7.16. The Labute approximate surface area is 116 Å². The Kier molecular flexibility index (Phi) is 4.72. The normalized spacial score (nSPS) is 11.1. The van der Waals surface area contributed by atoms with E-state index in [0.717, 1.165) is 28.7 Å². The lowest BCUT2D eigenvalue weighted by Crippen LogP contribution is -2.17. The van der Waals surface area contributed by atoms with Gasteiger partial charge in [-0.15, -0.1) is 11.3 Å². The lowest BCUT2D eigenvalue weighted by atomic mass is 10.2. The first kappa shape index (κ1) is 13.5. The zero-order chi connectivity index (χ0) is 13.0. The van der Waals surface area contributed by atoms with Crippen molar-refractivity contribution in [2.24, 2.45) is 5.73 Å². The van der Waals surface area contributed by atoms with Gasteiger partial charge < -0.3 is 5.73 Å². The first-order valence-corrected chi connectivity index (χ1v) is 6.93. The average molecular weight is 282 g/mol. The van der Waals surface area contributed by atoms with Gasteiger partial charge in [0.05, 0.1) is 10.0 Å². The zero-order valence-corrected chi connectivity index (χ0v) is 11.8. The summed E-state index contributed by atoms with van der Waals surface area (Å²) in [4.78, 5) is 7.87. The van der Waals surface area contributed by atoms with E-state index in [1.165, 1.54) is 4.88 Å². The summed E-state index contributed by atoms with van der Waals surface area (Å²) >= 11 is 7.53. The van der Waals surface area contributed by atoms with Gasteiger partial charge in [0.1, 0.15) is 0 Å². The van der Waals surface area contributed by atoms with E-state index < -0.39 is 0 Å². The summed E-state index contributed by atoms with van der Waals surface area (Å²) in [6.07, 6.45) is 1.84. The molecule has 2 N–H and O–H groups in total. The van der Waals surface area contributed by atoms with Crippen LogP contribution in [0.2, 0.25) is 4.34 Å². The summed E-state index contributed by atoms with van der Waals surface area (Å²) < 4.78 is 0.837. The van der Waals surface area contributed by atoms with Crippen LogP contribution in [-0.2, 0) is 19.6 Å². The number of pyridine rings is 1. The van der Waals surface area contributed by atoms with Gasteiger partial charge >= 0.3 is 0 Å². The van der Waals surface area contributed by atoms with Crippen LogP contribution in [0.1, 0.15) is 16.1 Å². The number of rotatable bonds is 5. The van der Waals surface area contributed by atoms with Gasteiger partial charge in [0.25, 0.3) is 0 Å². The second-order valence-electron chi connectivity index (χ2n) is 4.24. The van der Waals surface area contributed by atoms with Gasteiger partial charge in [0.2, 0.25) is 0 Å². The van der Waals surface area contributed by atoms with E-state index in [9.17, 15) is 0 Å². The van der Waals surface area contributed by atoms with Crippen LogP contribution in [0.3, 0.4) is 0 Å². The fourth-order valence-electron chi connectivity index (χ4n) is 1.70. The Hall–Kier alpha value is -0.940. The highest BCUT2D eigenvalue weighted by Gasteiger charge is 2.05. The summed E-state index contributed by atoms with van der Waals surface area (Å²) in [7, 11) is 2.08. The van der Waals surface area contributed by atoms with Crippen molar-refractivity contribution in [3.05, 3.63) is 50.9 Å². The smallest absolute Gasteiger partial charge is 0.0931 e. The molecular formula is C13H16ClN3S. The molecule has 0 spiro atoms. The fourth-order valence-corrected chi connectivity index (χ4v) is 2.87. The van der Waals surface area contributed by atoms with E-state index in [0.29, 0.717) is 6.54 Å². The van der Waals surface area contributed by atoms with Gasteiger partial charge in [-0.05, 0) is 30.8 Å². The van der Waals surface area contributed by atoms with Crippen molar-refractivity contribution in [3.8, 4) is 0 Å². The molecule has 0 aliphatic rings. The van der Waals surface area contributed by atoms with Crippen LogP contribution in [0.5, 0.6) is 0 Å². The van der Waals surface area contributed by atoms with E-state index in [1.807, 2.05) is 24.4 Å². The maximum atomic E-state index is 5.91. The van der Waals surface area contributed by atoms with Crippen LogP contribution in [0.15, 0.2) is 30.5 Å². The lowest BCUT2D eigenvalue weighted by molar-refractivity contribution is 0.318. The standard InChI is InChI=1S/C13H16ClN3S/c1-17(9-12-4-5-13(14)18-12)8-11-3-2-10(6-15)7-16-11/h2-5,7H,6,8-9,15H2,1H3. The molecule has 0 aliphatic heterocycles. The second-order valence-corrected chi connectivity index (χ2v) is 6.04. The Balaban J connectivity index is 1.91. The molecule has 2 aromatic heterocycles. The van der Waals surface area contributed by atoms with Gasteiger partial charge in [-0.3, -0.25) is 9.88 Å². The molecular weight excluding hydrogens is 266 g/mol. The first-order chi connectivity index (χ1) is 8.67. The van der Waals surface area contributed by atoms with Crippen molar-refractivity contribution in [2.75, 3.05) is 7.05 Å². The lowest BCUT2D eigenvalue weighted by Gasteiger charge is -2.15. The number of hydrogen-bond donors (Lipinski definition) is 1. The minimum absolute atomic E-state index is 0.539. The predicted molar refractivity (Wildman–Crippen MR) is 76.6 cm³/mol. The molecule has 5 heteroatoms. The molecule has 3 nitrogen and oxygen atoms in total. The molecule has 0 aromatic carbocycles. The minimum Gasteiger partial charge on any atom is -0.326 e. The number of nitrogens with zero attached hydrogens (tertiary/aromatic N) is 2. The summed E-state index contributed by atoms with van der Waals surface area (Å²) in [5, 5.41) is 0. The SMILES string of the molecule is CN(Cc1ccc(CN)cn1)Cc1ccc(Cl)s1. The van der Waals surface area contributed by atoms with Crippen molar-refractivity contribution in [1.82, 2.24) is 9.88 Å². The van der Waals surface area contributed by atoms with Gasteiger partial charge in [-0.1, -0.05) is 17.7 Å². The summed E-state index contributed by atoms with van der Waals surface area (Å²) in [6, 6.07) is 8.05. The van der Waals surface area contributed by atoms with Crippen LogP contribution in [0.25, 0.3) is 0 Å². The largest absolute Gasteiger partial charge is 0.326 e. The first-order valence-electron chi connectivity index (χ1n) is 5.74. The molecule has 0 saturated heterocycles.